The monoisotopic (exact) mass is 306 g/mol. The Balaban J connectivity index is 2.33. The van der Waals surface area contributed by atoms with Crippen LogP contribution in [0.25, 0.3) is 0 Å². The Labute approximate surface area is 130 Å². The molecule has 120 valence electrons. The molecule has 6 nitrogen and oxygen atoms in total. The van der Waals surface area contributed by atoms with Crippen LogP contribution in [-0.4, -0.2) is 30.1 Å². The van der Waals surface area contributed by atoms with Gasteiger partial charge in [-0.3, -0.25) is 14.5 Å². The van der Waals surface area contributed by atoms with Crippen molar-refractivity contribution >= 4 is 23.3 Å². The molecular formula is C16H22N2O4. The van der Waals surface area contributed by atoms with Gasteiger partial charge >= 0.3 is 5.97 Å². The smallest absolute Gasteiger partial charge is 0.326 e. The van der Waals surface area contributed by atoms with Gasteiger partial charge in [-0.15, -0.1) is 0 Å². The van der Waals surface area contributed by atoms with E-state index in [0.717, 1.165) is 0 Å². The van der Waals surface area contributed by atoms with E-state index in [4.69, 9.17) is 15.2 Å². The van der Waals surface area contributed by atoms with Crippen molar-refractivity contribution in [3.05, 3.63) is 18.2 Å². The summed E-state index contributed by atoms with van der Waals surface area (Å²) in [6, 6.07) is 5.14. The number of carbonyl (C=O) groups excluding carboxylic acids is 2. The summed E-state index contributed by atoms with van der Waals surface area (Å²) in [6.07, 6.45) is 0.525. The average Bonchev–Trinajstić information content (AvgIpc) is 2.43. The summed E-state index contributed by atoms with van der Waals surface area (Å²) < 4.78 is 11.0. The first-order valence-electron chi connectivity index (χ1n) is 7.35. The van der Waals surface area contributed by atoms with Crippen LogP contribution in [0.15, 0.2) is 18.2 Å². The van der Waals surface area contributed by atoms with Gasteiger partial charge in [0.15, 0.2) is 5.60 Å². The number of amides is 1. The van der Waals surface area contributed by atoms with Gasteiger partial charge in [-0.05, 0) is 39.3 Å². The Kier molecular flexibility index (Phi) is 4.30. The summed E-state index contributed by atoms with van der Waals surface area (Å²) in [7, 11) is 0. The molecule has 2 rings (SSSR count). The van der Waals surface area contributed by atoms with Crippen LogP contribution in [0.5, 0.6) is 5.75 Å². The summed E-state index contributed by atoms with van der Waals surface area (Å²) in [5.41, 5.74) is 5.71. The zero-order valence-corrected chi connectivity index (χ0v) is 13.4. The van der Waals surface area contributed by atoms with Gasteiger partial charge in [0.2, 0.25) is 0 Å². The second-order valence-corrected chi connectivity index (χ2v) is 5.91. The summed E-state index contributed by atoms with van der Waals surface area (Å²) in [6.45, 7) is 6.87. The summed E-state index contributed by atoms with van der Waals surface area (Å²) in [5.74, 6) is -0.297. The second kappa shape index (κ2) is 5.87. The number of hydrogen-bond acceptors (Lipinski definition) is 5. The topological polar surface area (TPSA) is 81.9 Å². The van der Waals surface area contributed by atoms with E-state index in [1.165, 1.54) is 4.90 Å². The number of ether oxygens (including phenoxy) is 2. The molecule has 0 aliphatic carbocycles. The minimum absolute atomic E-state index is 0.183. The third-order valence-corrected chi connectivity index (χ3v) is 3.62. The lowest BCUT2D eigenvalue weighted by Gasteiger charge is -2.38. The zero-order valence-electron chi connectivity index (χ0n) is 13.4. The summed E-state index contributed by atoms with van der Waals surface area (Å²) in [5, 5.41) is 0. The lowest BCUT2D eigenvalue weighted by atomic mass is 10.0. The molecule has 1 aliphatic rings. The van der Waals surface area contributed by atoms with Gasteiger partial charge < -0.3 is 15.2 Å². The van der Waals surface area contributed by atoms with Crippen molar-refractivity contribution in [1.82, 2.24) is 0 Å². The molecule has 1 amide bonds. The molecule has 0 fully saturated rings. The minimum atomic E-state index is -1.06. The molecule has 0 bridgehead atoms. The Bertz CT molecular complexity index is 598. The van der Waals surface area contributed by atoms with E-state index in [2.05, 4.69) is 0 Å². The van der Waals surface area contributed by atoms with Gasteiger partial charge in [-0.25, -0.2) is 0 Å². The highest BCUT2D eigenvalue weighted by Gasteiger charge is 2.42. The third kappa shape index (κ3) is 3.00. The molecule has 0 saturated carbocycles. The standard InChI is InChI=1S/C16H22N2O4/c1-5-10(2)21-13(19)9-18-14-11(17)7-6-8-12(14)22-16(3,4)15(18)20/h6-8,10H,5,9,17H2,1-4H3. The van der Waals surface area contributed by atoms with Gasteiger partial charge in [0.05, 0.1) is 11.8 Å². The molecule has 2 N–H and O–H groups in total. The fourth-order valence-electron chi connectivity index (χ4n) is 2.28. The largest absolute Gasteiger partial charge is 0.476 e. The Morgan fingerprint density at radius 2 is 2.14 bits per heavy atom. The van der Waals surface area contributed by atoms with Crippen LogP contribution >= 0.6 is 0 Å². The number of esters is 1. The van der Waals surface area contributed by atoms with Crippen molar-refractivity contribution < 1.29 is 19.1 Å². The zero-order chi connectivity index (χ0) is 16.5. The number of nitrogens with two attached hydrogens (primary N) is 1. The maximum atomic E-state index is 12.6. The highest BCUT2D eigenvalue weighted by atomic mass is 16.5. The van der Waals surface area contributed by atoms with Crippen molar-refractivity contribution in [2.24, 2.45) is 0 Å². The molecule has 1 heterocycles. The molecule has 1 aromatic carbocycles. The Morgan fingerprint density at radius 3 is 2.77 bits per heavy atom. The van der Waals surface area contributed by atoms with Crippen LogP contribution in [0, 0.1) is 0 Å². The van der Waals surface area contributed by atoms with Crippen LogP contribution < -0.4 is 15.4 Å². The first-order valence-corrected chi connectivity index (χ1v) is 7.35. The van der Waals surface area contributed by atoms with Gasteiger partial charge in [0, 0.05) is 0 Å². The molecule has 0 aromatic heterocycles. The van der Waals surface area contributed by atoms with Crippen LogP contribution in [0.4, 0.5) is 11.4 Å². The number of nitrogen functional groups attached to an aromatic ring is 1. The van der Waals surface area contributed by atoms with Crippen molar-refractivity contribution in [3.8, 4) is 5.75 Å². The molecule has 0 radical (unpaired) electrons. The summed E-state index contributed by atoms with van der Waals surface area (Å²) >= 11 is 0. The molecule has 0 spiro atoms. The number of hydrogen-bond donors (Lipinski definition) is 1. The normalized spacial score (nSPS) is 17.5. The number of fused-ring (bicyclic) bond motifs is 1. The minimum Gasteiger partial charge on any atom is -0.476 e. The first kappa shape index (κ1) is 16.1. The molecule has 1 atom stereocenters. The van der Waals surface area contributed by atoms with E-state index in [1.54, 1.807) is 32.0 Å². The van der Waals surface area contributed by atoms with E-state index in [-0.39, 0.29) is 18.6 Å². The highest BCUT2D eigenvalue weighted by Crippen LogP contribution is 2.41. The molecule has 6 heteroatoms. The van der Waals surface area contributed by atoms with Crippen molar-refractivity contribution in [2.45, 2.75) is 45.8 Å². The SMILES string of the molecule is CCC(C)OC(=O)CN1C(=O)C(C)(C)Oc2cccc(N)c21. The third-order valence-electron chi connectivity index (χ3n) is 3.62. The van der Waals surface area contributed by atoms with Gasteiger partial charge in [-0.1, -0.05) is 13.0 Å². The summed E-state index contributed by atoms with van der Waals surface area (Å²) in [4.78, 5) is 26.0. The van der Waals surface area contributed by atoms with Gasteiger partial charge in [-0.2, -0.15) is 0 Å². The van der Waals surface area contributed by atoms with E-state index in [1.807, 2.05) is 13.8 Å². The van der Waals surface area contributed by atoms with Crippen molar-refractivity contribution in [3.63, 3.8) is 0 Å². The molecule has 22 heavy (non-hydrogen) atoms. The molecular weight excluding hydrogens is 284 g/mol. The molecule has 1 aliphatic heterocycles. The van der Waals surface area contributed by atoms with Gasteiger partial charge in [0.25, 0.3) is 5.91 Å². The number of benzene rings is 1. The van der Waals surface area contributed by atoms with Crippen LogP contribution in [0.2, 0.25) is 0 Å². The van der Waals surface area contributed by atoms with E-state index >= 15 is 0 Å². The van der Waals surface area contributed by atoms with Crippen LogP contribution in [-0.2, 0) is 14.3 Å². The quantitative estimate of drug-likeness (QED) is 0.680. The molecule has 0 saturated heterocycles. The van der Waals surface area contributed by atoms with E-state index in [9.17, 15) is 9.59 Å². The first-order chi connectivity index (χ1) is 10.3. The number of para-hydroxylation sites is 1. The van der Waals surface area contributed by atoms with Gasteiger partial charge in [0.1, 0.15) is 18.0 Å². The Hall–Kier alpha value is -2.24. The number of anilines is 2. The van der Waals surface area contributed by atoms with Crippen LogP contribution in [0.3, 0.4) is 0 Å². The number of rotatable bonds is 4. The predicted molar refractivity (Wildman–Crippen MR) is 83.8 cm³/mol. The lowest BCUT2D eigenvalue weighted by molar-refractivity contribution is -0.148. The predicted octanol–water partition coefficient (Wildman–Crippen LogP) is 2.11. The highest BCUT2D eigenvalue weighted by molar-refractivity contribution is 6.07. The second-order valence-electron chi connectivity index (χ2n) is 5.91. The lowest BCUT2D eigenvalue weighted by Crippen LogP contribution is -2.54. The fourth-order valence-corrected chi connectivity index (χ4v) is 2.28. The molecule has 1 unspecified atom stereocenters. The Morgan fingerprint density at radius 1 is 1.45 bits per heavy atom. The van der Waals surface area contributed by atoms with Crippen LogP contribution in [0.1, 0.15) is 34.1 Å². The van der Waals surface area contributed by atoms with Crippen molar-refractivity contribution in [2.75, 3.05) is 17.2 Å². The number of nitrogens with zero attached hydrogens (tertiary/aromatic N) is 1. The fraction of sp³-hybridized carbons (Fsp3) is 0.500. The van der Waals surface area contributed by atoms with E-state index < -0.39 is 11.6 Å². The maximum absolute atomic E-state index is 12.6. The molecule has 1 aromatic rings. The number of carbonyl (C=O) groups is 2. The average molecular weight is 306 g/mol. The van der Waals surface area contributed by atoms with E-state index in [0.29, 0.717) is 23.5 Å². The maximum Gasteiger partial charge on any atom is 0.326 e. The van der Waals surface area contributed by atoms with Crippen molar-refractivity contribution in [1.29, 1.82) is 0 Å².